The van der Waals surface area contributed by atoms with Crippen LogP contribution in [-0.4, -0.2) is 39.1 Å². The quantitative estimate of drug-likeness (QED) is 0.462. The number of amides is 1. The molecule has 5 rings (SSSR count). The van der Waals surface area contributed by atoms with Crippen molar-refractivity contribution in [3.8, 4) is 11.5 Å². The zero-order chi connectivity index (χ0) is 21.4. The molecule has 4 aromatic rings. The van der Waals surface area contributed by atoms with Crippen molar-refractivity contribution in [1.29, 1.82) is 0 Å². The summed E-state index contributed by atoms with van der Waals surface area (Å²) in [6.07, 6.45) is 3.46. The summed E-state index contributed by atoms with van der Waals surface area (Å²) in [5.41, 5.74) is 3.07. The summed E-state index contributed by atoms with van der Waals surface area (Å²) in [5.74, 6) is 2.15. The highest BCUT2D eigenvalue weighted by atomic mass is 16.4. The van der Waals surface area contributed by atoms with E-state index in [-0.39, 0.29) is 17.9 Å². The highest BCUT2D eigenvalue weighted by molar-refractivity contribution is 5.94. The number of aryl methyl sites for hydroxylation is 1. The summed E-state index contributed by atoms with van der Waals surface area (Å²) in [7, 11) is 1.87. The van der Waals surface area contributed by atoms with Crippen molar-refractivity contribution in [2.45, 2.75) is 44.6 Å². The molecule has 2 aromatic heterocycles. The van der Waals surface area contributed by atoms with Crippen LogP contribution in [0, 0.1) is 0 Å². The molecule has 0 aliphatic heterocycles. The maximum absolute atomic E-state index is 13.0. The van der Waals surface area contributed by atoms with Crippen molar-refractivity contribution < 1.29 is 13.6 Å². The Bertz CT molecular complexity index is 1180. The number of carbonyl (C=O) groups is 1. The van der Waals surface area contributed by atoms with E-state index >= 15 is 0 Å². The van der Waals surface area contributed by atoms with Crippen LogP contribution in [0.1, 0.15) is 54.2 Å². The van der Waals surface area contributed by atoms with Crippen LogP contribution >= 0.6 is 0 Å². The van der Waals surface area contributed by atoms with Gasteiger partial charge in [0.1, 0.15) is 5.52 Å². The molecule has 0 saturated heterocycles. The molecule has 2 heterocycles. The molecule has 158 valence electrons. The van der Waals surface area contributed by atoms with Crippen LogP contribution in [-0.2, 0) is 6.42 Å². The molecule has 1 aliphatic rings. The van der Waals surface area contributed by atoms with Gasteiger partial charge in [-0.2, -0.15) is 0 Å². The third kappa shape index (κ3) is 3.71. The largest absolute Gasteiger partial charge is 0.436 e. The molecule has 0 bridgehead atoms. The molecule has 2 aromatic carbocycles. The first-order valence-electron chi connectivity index (χ1n) is 10.7. The lowest BCUT2D eigenvalue weighted by Gasteiger charge is -2.24. The minimum atomic E-state index is 0.00883. The van der Waals surface area contributed by atoms with E-state index < -0.39 is 0 Å². The molecule has 7 nitrogen and oxygen atoms in total. The third-order valence-electron chi connectivity index (χ3n) is 6.08. The van der Waals surface area contributed by atoms with Gasteiger partial charge in [0.15, 0.2) is 5.58 Å². The first-order valence-corrected chi connectivity index (χ1v) is 10.7. The van der Waals surface area contributed by atoms with E-state index in [0.29, 0.717) is 23.2 Å². The maximum Gasteiger partial charge on any atom is 0.253 e. The van der Waals surface area contributed by atoms with Gasteiger partial charge in [-0.3, -0.25) is 4.79 Å². The fraction of sp³-hybridized carbons (Fsp3) is 0.333. The molecule has 2 atom stereocenters. The average Bonchev–Trinajstić information content (AvgIpc) is 3.56. The summed E-state index contributed by atoms with van der Waals surface area (Å²) >= 11 is 0. The van der Waals surface area contributed by atoms with E-state index in [0.717, 1.165) is 42.3 Å². The molecule has 7 heteroatoms. The Morgan fingerprint density at radius 3 is 2.61 bits per heavy atom. The smallest absolute Gasteiger partial charge is 0.253 e. The number of oxazole rings is 1. The molecule has 0 spiro atoms. The van der Waals surface area contributed by atoms with E-state index in [2.05, 4.69) is 15.2 Å². The van der Waals surface area contributed by atoms with E-state index in [4.69, 9.17) is 8.83 Å². The van der Waals surface area contributed by atoms with E-state index in [1.165, 1.54) is 0 Å². The first kappa shape index (κ1) is 19.5. The Hall–Kier alpha value is -3.48. The van der Waals surface area contributed by atoms with Gasteiger partial charge in [-0.05, 0) is 55.7 Å². The van der Waals surface area contributed by atoms with Gasteiger partial charge in [-0.1, -0.05) is 19.1 Å². The Balaban J connectivity index is 1.27. The number of aromatic nitrogens is 3. The minimum Gasteiger partial charge on any atom is -0.436 e. The van der Waals surface area contributed by atoms with E-state index in [1.54, 1.807) is 0 Å². The van der Waals surface area contributed by atoms with Crippen molar-refractivity contribution in [2.24, 2.45) is 0 Å². The number of carbonyl (C=O) groups excluding carboxylic acids is 1. The second kappa shape index (κ2) is 7.98. The lowest BCUT2D eigenvalue weighted by atomic mass is 10.1. The molecule has 1 amide bonds. The standard InChI is InChI=1S/C24H24N4O3/c1-3-21-26-27-23(31-21)17-12-13-18(14-17)28(2)24(29)16-10-8-15(9-11-16)22-25-19-6-4-5-7-20(19)30-22/h4-11,17-18H,3,12-14H2,1-2H3/t17-,18+/m0/s1. The number of benzene rings is 2. The number of hydrogen-bond acceptors (Lipinski definition) is 6. The normalized spacial score (nSPS) is 18.5. The average molecular weight is 416 g/mol. The van der Waals surface area contributed by atoms with Crippen molar-refractivity contribution in [3.05, 3.63) is 65.9 Å². The SMILES string of the molecule is CCc1nnc([C@H]2CC[C@@H](N(C)C(=O)c3ccc(-c4nc5ccccc5o4)cc3)C2)o1. The number of rotatable bonds is 5. The zero-order valence-corrected chi connectivity index (χ0v) is 17.6. The predicted molar refractivity (Wildman–Crippen MR) is 116 cm³/mol. The second-order valence-electron chi connectivity index (χ2n) is 8.03. The van der Waals surface area contributed by atoms with E-state index in [9.17, 15) is 4.79 Å². The van der Waals surface area contributed by atoms with Gasteiger partial charge < -0.3 is 13.7 Å². The molecule has 0 radical (unpaired) electrons. The Labute approximate surface area is 180 Å². The Morgan fingerprint density at radius 2 is 1.87 bits per heavy atom. The molecule has 0 unspecified atom stereocenters. The topological polar surface area (TPSA) is 85.3 Å². The van der Waals surface area contributed by atoms with Crippen molar-refractivity contribution in [1.82, 2.24) is 20.1 Å². The van der Waals surface area contributed by atoms with Crippen LogP contribution in [0.25, 0.3) is 22.6 Å². The van der Waals surface area contributed by atoms with Gasteiger partial charge in [0.25, 0.3) is 5.91 Å². The summed E-state index contributed by atoms with van der Waals surface area (Å²) in [5, 5.41) is 8.25. The molecule has 31 heavy (non-hydrogen) atoms. The van der Waals surface area contributed by atoms with Crippen LogP contribution < -0.4 is 0 Å². The highest BCUT2D eigenvalue weighted by Crippen LogP contribution is 2.36. The lowest BCUT2D eigenvalue weighted by Crippen LogP contribution is -2.35. The van der Waals surface area contributed by atoms with Gasteiger partial charge in [-0.15, -0.1) is 10.2 Å². The van der Waals surface area contributed by atoms with Crippen LogP contribution in [0.15, 0.2) is 57.4 Å². The van der Waals surface area contributed by atoms with E-state index in [1.807, 2.05) is 67.4 Å². The number of para-hydroxylation sites is 2. The minimum absolute atomic E-state index is 0.00883. The van der Waals surface area contributed by atoms with Crippen LogP contribution in [0.2, 0.25) is 0 Å². The highest BCUT2D eigenvalue weighted by Gasteiger charge is 2.33. The summed E-state index contributed by atoms with van der Waals surface area (Å²) in [6.45, 7) is 2.00. The fourth-order valence-corrected chi connectivity index (χ4v) is 4.23. The molecular formula is C24H24N4O3. The van der Waals surface area contributed by atoms with Gasteiger partial charge in [0.2, 0.25) is 17.7 Å². The summed E-state index contributed by atoms with van der Waals surface area (Å²) in [4.78, 5) is 19.4. The number of fused-ring (bicyclic) bond motifs is 1. The Morgan fingerprint density at radius 1 is 1.06 bits per heavy atom. The number of hydrogen-bond donors (Lipinski definition) is 0. The van der Waals surface area contributed by atoms with Crippen LogP contribution in [0.5, 0.6) is 0 Å². The first-order chi connectivity index (χ1) is 15.1. The Kier molecular flexibility index (Phi) is 5.02. The monoisotopic (exact) mass is 416 g/mol. The van der Waals surface area contributed by atoms with Crippen molar-refractivity contribution in [2.75, 3.05) is 7.05 Å². The molecule has 1 aliphatic carbocycles. The molecule has 1 fully saturated rings. The van der Waals surface area contributed by atoms with Crippen LogP contribution in [0.3, 0.4) is 0 Å². The number of nitrogens with zero attached hydrogens (tertiary/aromatic N) is 4. The zero-order valence-electron chi connectivity index (χ0n) is 17.6. The van der Waals surface area contributed by atoms with Gasteiger partial charge in [-0.25, -0.2) is 4.98 Å². The van der Waals surface area contributed by atoms with Gasteiger partial charge >= 0.3 is 0 Å². The summed E-state index contributed by atoms with van der Waals surface area (Å²) in [6, 6.07) is 15.3. The van der Waals surface area contributed by atoms with Crippen molar-refractivity contribution >= 4 is 17.0 Å². The predicted octanol–water partition coefficient (Wildman–Crippen LogP) is 4.85. The molecule has 1 saturated carbocycles. The maximum atomic E-state index is 13.0. The van der Waals surface area contributed by atoms with Crippen molar-refractivity contribution in [3.63, 3.8) is 0 Å². The summed E-state index contributed by atoms with van der Waals surface area (Å²) < 4.78 is 11.5. The molecule has 0 N–H and O–H groups in total. The second-order valence-corrected chi connectivity index (χ2v) is 8.03. The van der Waals surface area contributed by atoms with Gasteiger partial charge in [0.05, 0.1) is 0 Å². The molecular weight excluding hydrogens is 392 g/mol. The van der Waals surface area contributed by atoms with Crippen LogP contribution in [0.4, 0.5) is 0 Å². The third-order valence-corrected chi connectivity index (χ3v) is 6.08. The fourth-order valence-electron chi connectivity index (χ4n) is 4.23. The lowest BCUT2D eigenvalue weighted by molar-refractivity contribution is 0.0733. The van der Waals surface area contributed by atoms with Gasteiger partial charge in [0, 0.05) is 36.6 Å².